The van der Waals surface area contributed by atoms with Crippen molar-refractivity contribution in [3.63, 3.8) is 0 Å². The third kappa shape index (κ3) is 1.94. The van der Waals surface area contributed by atoms with Crippen molar-refractivity contribution in [3.8, 4) is 11.3 Å². The van der Waals surface area contributed by atoms with Crippen molar-refractivity contribution in [3.05, 3.63) is 41.9 Å². The number of hydrogen-bond donors (Lipinski definition) is 1. The zero-order chi connectivity index (χ0) is 11.7. The fourth-order valence-corrected chi connectivity index (χ4v) is 1.31. The fourth-order valence-electron chi connectivity index (χ4n) is 1.31. The molecule has 0 fully saturated rings. The molecule has 0 saturated heterocycles. The molecule has 3 nitrogen and oxygen atoms in total. The normalized spacial score (nSPS) is 12.8. The first-order chi connectivity index (χ1) is 7.58. The molecule has 0 radical (unpaired) electrons. The average Bonchev–Trinajstić information content (AvgIpc) is 2.66. The van der Waals surface area contributed by atoms with Gasteiger partial charge in [-0.05, 0) is 19.1 Å². The highest BCUT2D eigenvalue weighted by molar-refractivity contribution is 5.57. The average molecular weight is 224 g/mol. The molecule has 1 heterocycles. The van der Waals surface area contributed by atoms with Crippen LogP contribution < -0.4 is 5.73 Å². The van der Waals surface area contributed by atoms with Gasteiger partial charge in [-0.3, -0.25) is 0 Å². The van der Waals surface area contributed by atoms with Crippen LogP contribution in [0.3, 0.4) is 0 Å². The van der Waals surface area contributed by atoms with Gasteiger partial charge < -0.3 is 10.2 Å². The van der Waals surface area contributed by atoms with Crippen LogP contribution in [0.5, 0.6) is 0 Å². The second-order valence-corrected chi connectivity index (χ2v) is 3.48. The maximum atomic E-state index is 13.4. The largest absolute Gasteiger partial charge is 0.439 e. The highest BCUT2D eigenvalue weighted by Gasteiger charge is 2.13. The molecule has 0 amide bonds. The smallest absolute Gasteiger partial charge is 0.211 e. The Morgan fingerprint density at radius 2 is 2.12 bits per heavy atom. The number of oxazole rings is 1. The molecule has 0 bridgehead atoms. The Kier molecular flexibility index (Phi) is 2.70. The molecule has 0 aliphatic carbocycles. The van der Waals surface area contributed by atoms with Gasteiger partial charge in [0.25, 0.3) is 0 Å². The molecule has 84 valence electrons. The van der Waals surface area contributed by atoms with Crippen LogP contribution in [0.1, 0.15) is 18.9 Å². The Bertz CT molecular complexity index is 508. The lowest BCUT2D eigenvalue weighted by Crippen LogP contribution is -2.04. The molecular formula is C11H10F2N2O. The topological polar surface area (TPSA) is 52.0 Å². The van der Waals surface area contributed by atoms with E-state index in [1.807, 2.05) is 0 Å². The van der Waals surface area contributed by atoms with Gasteiger partial charge >= 0.3 is 0 Å². The van der Waals surface area contributed by atoms with Crippen molar-refractivity contribution < 1.29 is 13.2 Å². The molecule has 2 rings (SSSR count). The van der Waals surface area contributed by atoms with E-state index in [1.165, 1.54) is 12.3 Å². The summed E-state index contributed by atoms with van der Waals surface area (Å²) >= 11 is 0. The molecule has 0 aliphatic rings. The van der Waals surface area contributed by atoms with E-state index in [2.05, 4.69) is 4.98 Å². The Labute approximate surface area is 90.9 Å². The molecule has 1 unspecified atom stereocenters. The summed E-state index contributed by atoms with van der Waals surface area (Å²) in [5, 5.41) is 0. The van der Waals surface area contributed by atoms with E-state index in [4.69, 9.17) is 10.2 Å². The molecule has 2 aromatic rings. The maximum absolute atomic E-state index is 13.4. The van der Waals surface area contributed by atoms with Gasteiger partial charge in [-0.2, -0.15) is 0 Å². The number of rotatable bonds is 2. The molecule has 1 aromatic carbocycles. The standard InChI is InChI=1S/C11H10F2N2O/c1-6(14)11-15-5-10(16-11)8-3-2-7(12)4-9(8)13/h2-6H,14H2,1H3. The first kappa shape index (κ1) is 10.8. The van der Waals surface area contributed by atoms with Crippen molar-refractivity contribution >= 4 is 0 Å². The molecule has 16 heavy (non-hydrogen) atoms. The molecule has 0 spiro atoms. The SMILES string of the molecule is CC(N)c1ncc(-c2ccc(F)cc2F)o1. The minimum absolute atomic E-state index is 0.167. The summed E-state index contributed by atoms with van der Waals surface area (Å²) in [6.07, 6.45) is 1.37. The highest BCUT2D eigenvalue weighted by Crippen LogP contribution is 2.25. The second kappa shape index (κ2) is 4.02. The van der Waals surface area contributed by atoms with Crippen LogP contribution in [-0.2, 0) is 0 Å². The number of hydrogen-bond acceptors (Lipinski definition) is 3. The predicted molar refractivity (Wildman–Crippen MR) is 54.5 cm³/mol. The molecule has 1 atom stereocenters. The minimum atomic E-state index is -0.688. The van der Waals surface area contributed by atoms with Crippen LogP contribution in [0.4, 0.5) is 8.78 Å². The van der Waals surface area contributed by atoms with Gasteiger partial charge in [-0.15, -0.1) is 0 Å². The quantitative estimate of drug-likeness (QED) is 0.853. The molecule has 2 N–H and O–H groups in total. The van der Waals surface area contributed by atoms with E-state index in [0.29, 0.717) is 5.89 Å². The molecular weight excluding hydrogens is 214 g/mol. The summed E-state index contributed by atoms with van der Waals surface area (Å²) in [7, 11) is 0. The van der Waals surface area contributed by atoms with Crippen LogP contribution in [0.2, 0.25) is 0 Å². The lowest BCUT2D eigenvalue weighted by Gasteiger charge is -1.99. The second-order valence-electron chi connectivity index (χ2n) is 3.48. The van der Waals surface area contributed by atoms with Gasteiger partial charge in [-0.25, -0.2) is 13.8 Å². The first-order valence-electron chi connectivity index (χ1n) is 4.74. The molecule has 0 saturated carbocycles. The maximum Gasteiger partial charge on any atom is 0.211 e. The van der Waals surface area contributed by atoms with E-state index in [1.54, 1.807) is 6.92 Å². The van der Waals surface area contributed by atoms with E-state index < -0.39 is 11.6 Å². The van der Waals surface area contributed by atoms with Crippen molar-refractivity contribution in [2.75, 3.05) is 0 Å². The van der Waals surface area contributed by atoms with Gasteiger partial charge in [-0.1, -0.05) is 0 Å². The fraction of sp³-hybridized carbons (Fsp3) is 0.182. The zero-order valence-corrected chi connectivity index (χ0v) is 8.58. The number of halogens is 2. The predicted octanol–water partition coefficient (Wildman–Crippen LogP) is 2.64. The first-order valence-corrected chi connectivity index (χ1v) is 4.74. The number of nitrogens with two attached hydrogens (primary N) is 1. The van der Waals surface area contributed by atoms with Crippen molar-refractivity contribution in [1.82, 2.24) is 4.98 Å². The third-order valence-electron chi connectivity index (χ3n) is 2.11. The van der Waals surface area contributed by atoms with Crippen LogP contribution in [0.15, 0.2) is 28.8 Å². The number of nitrogens with zero attached hydrogens (tertiary/aromatic N) is 1. The van der Waals surface area contributed by atoms with Crippen molar-refractivity contribution in [1.29, 1.82) is 0 Å². The summed E-state index contributed by atoms with van der Waals surface area (Å²) < 4.78 is 31.3. The lowest BCUT2D eigenvalue weighted by molar-refractivity contribution is 0.470. The van der Waals surface area contributed by atoms with Crippen LogP contribution >= 0.6 is 0 Å². The van der Waals surface area contributed by atoms with Gasteiger partial charge in [0.15, 0.2) is 5.76 Å². The van der Waals surface area contributed by atoms with E-state index in [9.17, 15) is 8.78 Å². The Hall–Kier alpha value is -1.75. The van der Waals surface area contributed by atoms with E-state index >= 15 is 0 Å². The Morgan fingerprint density at radius 3 is 2.69 bits per heavy atom. The number of benzene rings is 1. The van der Waals surface area contributed by atoms with Gasteiger partial charge in [0.1, 0.15) is 11.6 Å². The molecule has 0 aliphatic heterocycles. The van der Waals surface area contributed by atoms with Gasteiger partial charge in [0.05, 0.1) is 17.8 Å². The Balaban J connectivity index is 2.42. The Morgan fingerprint density at radius 1 is 1.38 bits per heavy atom. The third-order valence-corrected chi connectivity index (χ3v) is 2.11. The van der Waals surface area contributed by atoms with Gasteiger partial charge in [0.2, 0.25) is 5.89 Å². The number of aromatic nitrogens is 1. The monoisotopic (exact) mass is 224 g/mol. The summed E-state index contributed by atoms with van der Waals surface area (Å²) in [6, 6.07) is 2.89. The van der Waals surface area contributed by atoms with Crippen molar-refractivity contribution in [2.45, 2.75) is 13.0 Å². The van der Waals surface area contributed by atoms with Crippen LogP contribution in [0.25, 0.3) is 11.3 Å². The van der Waals surface area contributed by atoms with E-state index in [0.717, 1.165) is 12.1 Å². The van der Waals surface area contributed by atoms with Crippen LogP contribution in [0, 0.1) is 11.6 Å². The molecule has 1 aromatic heterocycles. The summed E-state index contributed by atoms with van der Waals surface area (Å²) in [6.45, 7) is 1.70. The van der Waals surface area contributed by atoms with Gasteiger partial charge in [0, 0.05) is 6.07 Å². The minimum Gasteiger partial charge on any atom is -0.439 e. The lowest BCUT2D eigenvalue weighted by atomic mass is 10.2. The zero-order valence-electron chi connectivity index (χ0n) is 8.58. The van der Waals surface area contributed by atoms with Crippen LogP contribution in [-0.4, -0.2) is 4.98 Å². The molecule has 5 heteroatoms. The summed E-state index contributed by atoms with van der Waals surface area (Å²) in [5.41, 5.74) is 5.72. The highest BCUT2D eigenvalue weighted by atomic mass is 19.1. The van der Waals surface area contributed by atoms with Crippen molar-refractivity contribution in [2.24, 2.45) is 5.73 Å². The van der Waals surface area contributed by atoms with E-state index in [-0.39, 0.29) is 17.4 Å². The summed E-state index contributed by atoms with van der Waals surface area (Å²) in [5.74, 6) is -0.760. The summed E-state index contributed by atoms with van der Waals surface area (Å²) in [4.78, 5) is 3.90.